The molecule has 0 aliphatic heterocycles. The molecule has 0 atom stereocenters. The predicted octanol–water partition coefficient (Wildman–Crippen LogP) is 3.23. The standard InChI is InChI=1S/C13H10BrNO4S/c14-10-5-6-20-12(10)13(18)15-8-1-3-9(4-2-8)19-7-11(16)17/h1-6H,7H2,(H,15,18)(H,16,17). The third-order valence-corrected chi connectivity index (χ3v) is 4.13. The highest BCUT2D eigenvalue weighted by Gasteiger charge is 2.11. The van der Waals surface area contributed by atoms with Gasteiger partial charge in [-0.15, -0.1) is 11.3 Å². The summed E-state index contributed by atoms with van der Waals surface area (Å²) in [6.07, 6.45) is 0. The van der Waals surface area contributed by atoms with Crippen molar-refractivity contribution in [2.24, 2.45) is 0 Å². The maximum Gasteiger partial charge on any atom is 0.341 e. The van der Waals surface area contributed by atoms with Gasteiger partial charge in [0.25, 0.3) is 5.91 Å². The van der Waals surface area contributed by atoms with Crippen LogP contribution in [0.5, 0.6) is 5.75 Å². The Morgan fingerprint density at radius 3 is 2.50 bits per heavy atom. The molecular formula is C13H10BrNO4S. The first-order valence-corrected chi connectivity index (χ1v) is 7.22. The van der Waals surface area contributed by atoms with Crippen molar-refractivity contribution >= 4 is 44.8 Å². The number of benzene rings is 1. The fraction of sp³-hybridized carbons (Fsp3) is 0.0769. The van der Waals surface area contributed by atoms with Crippen molar-refractivity contribution in [3.05, 3.63) is 45.1 Å². The van der Waals surface area contributed by atoms with Crippen LogP contribution in [0.15, 0.2) is 40.2 Å². The van der Waals surface area contributed by atoms with Gasteiger partial charge in [0, 0.05) is 10.2 Å². The zero-order chi connectivity index (χ0) is 14.5. The molecule has 2 rings (SSSR count). The van der Waals surface area contributed by atoms with E-state index in [9.17, 15) is 9.59 Å². The monoisotopic (exact) mass is 355 g/mol. The number of carbonyl (C=O) groups is 2. The number of carbonyl (C=O) groups excluding carboxylic acids is 1. The highest BCUT2D eigenvalue weighted by molar-refractivity contribution is 9.10. The number of hydrogen-bond acceptors (Lipinski definition) is 4. The first-order valence-electron chi connectivity index (χ1n) is 5.55. The summed E-state index contributed by atoms with van der Waals surface area (Å²) in [7, 11) is 0. The number of hydrogen-bond donors (Lipinski definition) is 2. The minimum absolute atomic E-state index is 0.203. The second-order valence-corrected chi connectivity index (χ2v) is 5.53. The first kappa shape index (κ1) is 14.5. The lowest BCUT2D eigenvalue weighted by Gasteiger charge is -2.06. The molecule has 104 valence electrons. The highest BCUT2D eigenvalue weighted by Crippen LogP contribution is 2.24. The summed E-state index contributed by atoms with van der Waals surface area (Å²) < 4.78 is 5.75. The van der Waals surface area contributed by atoms with Gasteiger partial charge in [0.15, 0.2) is 6.61 Å². The molecular weight excluding hydrogens is 346 g/mol. The predicted molar refractivity (Wildman–Crippen MR) is 79.5 cm³/mol. The van der Waals surface area contributed by atoms with Crippen molar-refractivity contribution in [1.82, 2.24) is 0 Å². The number of halogens is 1. The van der Waals surface area contributed by atoms with Crippen LogP contribution in [-0.2, 0) is 4.79 Å². The van der Waals surface area contributed by atoms with E-state index in [4.69, 9.17) is 9.84 Å². The van der Waals surface area contributed by atoms with Crippen molar-refractivity contribution < 1.29 is 19.4 Å². The van der Waals surface area contributed by atoms with E-state index in [1.54, 1.807) is 24.3 Å². The minimum Gasteiger partial charge on any atom is -0.482 e. The van der Waals surface area contributed by atoms with E-state index in [2.05, 4.69) is 21.2 Å². The second-order valence-electron chi connectivity index (χ2n) is 3.76. The zero-order valence-corrected chi connectivity index (χ0v) is 12.5. The van der Waals surface area contributed by atoms with Crippen LogP contribution in [0.2, 0.25) is 0 Å². The lowest BCUT2D eigenvalue weighted by atomic mass is 10.3. The van der Waals surface area contributed by atoms with Gasteiger partial charge in [-0.2, -0.15) is 0 Å². The third-order valence-electron chi connectivity index (χ3n) is 2.30. The highest BCUT2D eigenvalue weighted by atomic mass is 79.9. The lowest BCUT2D eigenvalue weighted by Crippen LogP contribution is -2.11. The summed E-state index contributed by atoms with van der Waals surface area (Å²) in [4.78, 5) is 22.9. The summed E-state index contributed by atoms with van der Waals surface area (Å²) in [6, 6.07) is 8.31. The van der Waals surface area contributed by atoms with Crippen LogP contribution < -0.4 is 10.1 Å². The number of carboxylic acid groups (broad SMARTS) is 1. The lowest BCUT2D eigenvalue weighted by molar-refractivity contribution is -0.139. The molecule has 0 aliphatic rings. The third kappa shape index (κ3) is 3.82. The second kappa shape index (κ2) is 6.53. The number of carboxylic acids is 1. The molecule has 1 amide bonds. The van der Waals surface area contributed by atoms with Gasteiger partial charge in [-0.1, -0.05) is 0 Å². The van der Waals surface area contributed by atoms with Gasteiger partial charge in [0.05, 0.1) is 0 Å². The molecule has 0 spiro atoms. The molecule has 1 aromatic heterocycles. The van der Waals surface area contributed by atoms with Gasteiger partial charge in [-0.25, -0.2) is 4.79 Å². The summed E-state index contributed by atoms with van der Waals surface area (Å²) in [5.41, 5.74) is 0.609. The number of thiophene rings is 1. The number of nitrogens with one attached hydrogen (secondary N) is 1. The normalized spacial score (nSPS) is 10.1. The van der Waals surface area contributed by atoms with Gasteiger partial charge in [0.1, 0.15) is 10.6 Å². The summed E-state index contributed by atoms with van der Waals surface area (Å²) in [5, 5.41) is 13.1. The summed E-state index contributed by atoms with van der Waals surface area (Å²) in [6.45, 7) is -0.395. The average Bonchev–Trinajstić information content (AvgIpc) is 2.84. The Kier molecular flexibility index (Phi) is 4.75. The fourth-order valence-electron chi connectivity index (χ4n) is 1.42. The van der Waals surface area contributed by atoms with E-state index in [0.29, 0.717) is 16.3 Å². The molecule has 0 unspecified atom stereocenters. The SMILES string of the molecule is O=C(O)COc1ccc(NC(=O)c2sccc2Br)cc1. The Bertz CT molecular complexity index is 624. The van der Waals surface area contributed by atoms with Crippen LogP contribution in [0.1, 0.15) is 9.67 Å². The van der Waals surface area contributed by atoms with Crippen LogP contribution in [0, 0.1) is 0 Å². The zero-order valence-electron chi connectivity index (χ0n) is 10.1. The van der Waals surface area contributed by atoms with E-state index >= 15 is 0 Å². The Morgan fingerprint density at radius 2 is 1.95 bits per heavy atom. The topological polar surface area (TPSA) is 75.6 Å². The van der Waals surface area contributed by atoms with E-state index in [0.717, 1.165) is 4.47 Å². The number of ether oxygens (including phenoxy) is 1. The first-order chi connectivity index (χ1) is 9.56. The molecule has 2 N–H and O–H groups in total. The molecule has 7 heteroatoms. The van der Waals surface area contributed by atoms with Gasteiger partial charge in [0.2, 0.25) is 0 Å². The van der Waals surface area contributed by atoms with Crippen LogP contribution in [-0.4, -0.2) is 23.6 Å². The van der Waals surface area contributed by atoms with Crippen LogP contribution in [0.3, 0.4) is 0 Å². The van der Waals surface area contributed by atoms with Gasteiger partial charge in [-0.05, 0) is 51.6 Å². The van der Waals surface area contributed by atoms with Crippen LogP contribution >= 0.6 is 27.3 Å². The minimum atomic E-state index is -1.04. The van der Waals surface area contributed by atoms with E-state index < -0.39 is 12.6 Å². The smallest absolute Gasteiger partial charge is 0.341 e. The summed E-state index contributed by atoms with van der Waals surface area (Å²) >= 11 is 4.64. The van der Waals surface area contributed by atoms with Gasteiger partial charge >= 0.3 is 5.97 Å². The van der Waals surface area contributed by atoms with E-state index in [1.165, 1.54) is 11.3 Å². The average molecular weight is 356 g/mol. The van der Waals surface area contributed by atoms with Crippen molar-refractivity contribution in [2.75, 3.05) is 11.9 Å². The number of anilines is 1. The number of amides is 1. The largest absolute Gasteiger partial charge is 0.482 e. The number of rotatable bonds is 5. The molecule has 20 heavy (non-hydrogen) atoms. The molecule has 2 aromatic rings. The van der Waals surface area contributed by atoms with Crippen molar-refractivity contribution in [1.29, 1.82) is 0 Å². The Morgan fingerprint density at radius 1 is 1.25 bits per heavy atom. The van der Waals surface area contributed by atoms with Crippen LogP contribution in [0.25, 0.3) is 0 Å². The molecule has 0 aliphatic carbocycles. The maximum atomic E-state index is 12.0. The molecule has 0 fully saturated rings. The number of aliphatic carboxylic acids is 1. The Hall–Kier alpha value is -1.86. The Labute approximate surface area is 127 Å². The van der Waals surface area contributed by atoms with Crippen molar-refractivity contribution in [3.8, 4) is 5.75 Å². The van der Waals surface area contributed by atoms with Gasteiger partial charge in [-0.3, -0.25) is 4.79 Å². The molecule has 0 saturated heterocycles. The quantitative estimate of drug-likeness (QED) is 0.863. The molecule has 0 saturated carbocycles. The molecule has 0 bridgehead atoms. The summed E-state index contributed by atoms with van der Waals surface area (Å²) in [5.74, 6) is -0.807. The fourth-order valence-corrected chi connectivity index (χ4v) is 2.87. The molecule has 0 radical (unpaired) electrons. The van der Waals surface area contributed by atoms with Crippen molar-refractivity contribution in [3.63, 3.8) is 0 Å². The molecule has 1 heterocycles. The Balaban J connectivity index is 1.99. The van der Waals surface area contributed by atoms with E-state index in [1.807, 2.05) is 11.4 Å². The molecule has 1 aromatic carbocycles. The van der Waals surface area contributed by atoms with E-state index in [-0.39, 0.29) is 5.91 Å². The van der Waals surface area contributed by atoms with Crippen molar-refractivity contribution in [2.45, 2.75) is 0 Å². The van der Waals surface area contributed by atoms with Crippen LogP contribution in [0.4, 0.5) is 5.69 Å². The molecule has 5 nitrogen and oxygen atoms in total. The van der Waals surface area contributed by atoms with Gasteiger partial charge < -0.3 is 15.2 Å². The maximum absolute atomic E-state index is 12.0.